The Balaban J connectivity index is 3.10. The number of halogens is 3. The normalized spacial score (nSPS) is 14.4. The predicted molar refractivity (Wildman–Crippen MR) is 66.7 cm³/mol. The Morgan fingerprint density at radius 2 is 1.89 bits per heavy atom. The summed E-state index contributed by atoms with van der Waals surface area (Å²) in [6, 6.07) is 1.34. The van der Waals surface area contributed by atoms with Crippen LogP contribution in [-0.4, -0.2) is 12.7 Å². The van der Waals surface area contributed by atoms with E-state index in [9.17, 15) is 13.2 Å². The van der Waals surface area contributed by atoms with Gasteiger partial charge in [0.2, 0.25) is 0 Å². The second-order valence-electron chi connectivity index (χ2n) is 4.19. The van der Waals surface area contributed by atoms with Crippen LogP contribution in [0.15, 0.2) is 12.1 Å². The SMILES string of the molecule is CCCC(OCC)C(NN)c1ccc(F)c(F)c1F. The Bertz CT molecular complexity index is 409. The average Bonchev–Trinajstić information content (AvgIpc) is 2.40. The lowest BCUT2D eigenvalue weighted by molar-refractivity contribution is 0.0265. The minimum Gasteiger partial charge on any atom is -0.376 e. The highest BCUT2D eigenvalue weighted by molar-refractivity contribution is 5.24. The van der Waals surface area contributed by atoms with Gasteiger partial charge in [-0.1, -0.05) is 19.4 Å². The van der Waals surface area contributed by atoms with E-state index in [4.69, 9.17) is 10.6 Å². The number of hydrogen-bond acceptors (Lipinski definition) is 3. The third-order valence-corrected chi connectivity index (χ3v) is 2.91. The van der Waals surface area contributed by atoms with Crippen LogP contribution in [0, 0.1) is 17.5 Å². The molecular formula is C13H19F3N2O. The van der Waals surface area contributed by atoms with Gasteiger partial charge in [0.1, 0.15) is 0 Å². The number of hydrazine groups is 1. The van der Waals surface area contributed by atoms with Crippen molar-refractivity contribution in [3.05, 3.63) is 35.1 Å². The molecule has 108 valence electrons. The molecule has 3 N–H and O–H groups in total. The molecule has 2 unspecified atom stereocenters. The lowest BCUT2D eigenvalue weighted by Gasteiger charge is -2.27. The van der Waals surface area contributed by atoms with Gasteiger partial charge in [-0.25, -0.2) is 13.2 Å². The van der Waals surface area contributed by atoms with E-state index < -0.39 is 29.6 Å². The molecule has 6 heteroatoms. The van der Waals surface area contributed by atoms with Crippen molar-refractivity contribution >= 4 is 0 Å². The molecule has 0 heterocycles. The second-order valence-corrected chi connectivity index (χ2v) is 4.19. The maximum atomic E-state index is 13.8. The second kappa shape index (κ2) is 7.47. The van der Waals surface area contributed by atoms with Crippen molar-refractivity contribution in [2.75, 3.05) is 6.61 Å². The monoisotopic (exact) mass is 276 g/mol. The van der Waals surface area contributed by atoms with Gasteiger partial charge in [-0.2, -0.15) is 0 Å². The molecule has 0 saturated carbocycles. The fourth-order valence-electron chi connectivity index (χ4n) is 2.02. The average molecular weight is 276 g/mol. The molecule has 0 bridgehead atoms. The molecule has 0 aromatic heterocycles. The fraction of sp³-hybridized carbons (Fsp3) is 0.538. The first-order valence-corrected chi connectivity index (χ1v) is 6.27. The molecule has 3 nitrogen and oxygen atoms in total. The number of nitrogens with one attached hydrogen (secondary N) is 1. The van der Waals surface area contributed by atoms with Gasteiger partial charge in [-0.15, -0.1) is 0 Å². The van der Waals surface area contributed by atoms with Crippen LogP contribution in [0.3, 0.4) is 0 Å². The van der Waals surface area contributed by atoms with Crippen molar-refractivity contribution in [1.29, 1.82) is 0 Å². The van der Waals surface area contributed by atoms with Crippen LogP contribution in [0.5, 0.6) is 0 Å². The molecule has 0 aliphatic carbocycles. The van der Waals surface area contributed by atoms with E-state index in [1.54, 1.807) is 6.92 Å². The summed E-state index contributed by atoms with van der Waals surface area (Å²) in [5.41, 5.74) is 2.39. The first kappa shape index (κ1) is 15.9. The molecule has 1 rings (SSSR count). The highest BCUT2D eigenvalue weighted by atomic mass is 19.2. The number of hydrogen-bond donors (Lipinski definition) is 2. The van der Waals surface area contributed by atoms with E-state index in [0.717, 1.165) is 12.5 Å². The van der Waals surface area contributed by atoms with Gasteiger partial charge < -0.3 is 4.74 Å². The van der Waals surface area contributed by atoms with Crippen molar-refractivity contribution < 1.29 is 17.9 Å². The third-order valence-electron chi connectivity index (χ3n) is 2.91. The summed E-state index contributed by atoms with van der Waals surface area (Å²) < 4.78 is 45.5. The number of rotatable bonds is 7. The molecule has 19 heavy (non-hydrogen) atoms. The molecule has 0 aliphatic heterocycles. The molecule has 0 radical (unpaired) electrons. The lowest BCUT2D eigenvalue weighted by Crippen LogP contribution is -2.38. The molecule has 1 aromatic rings. The molecule has 0 amide bonds. The molecule has 0 fully saturated rings. The van der Waals surface area contributed by atoms with E-state index in [-0.39, 0.29) is 5.56 Å². The number of ether oxygens (including phenoxy) is 1. The van der Waals surface area contributed by atoms with Gasteiger partial charge in [0.25, 0.3) is 0 Å². The summed E-state index contributed by atoms with van der Waals surface area (Å²) in [4.78, 5) is 0. The summed E-state index contributed by atoms with van der Waals surface area (Å²) in [6.07, 6.45) is 1.02. The summed E-state index contributed by atoms with van der Waals surface area (Å²) in [6.45, 7) is 4.17. The highest BCUT2D eigenvalue weighted by Gasteiger charge is 2.27. The van der Waals surface area contributed by atoms with E-state index in [1.807, 2.05) is 6.92 Å². The first-order chi connectivity index (χ1) is 9.06. The van der Waals surface area contributed by atoms with Crippen molar-refractivity contribution in [3.63, 3.8) is 0 Å². The predicted octanol–water partition coefficient (Wildman–Crippen LogP) is 2.81. The largest absolute Gasteiger partial charge is 0.376 e. The summed E-state index contributed by atoms with van der Waals surface area (Å²) in [5.74, 6) is 1.46. The topological polar surface area (TPSA) is 47.3 Å². The smallest absolute Gasteiger partial charge is 0.194 e. The zero-order chi connectivity index (χ0) is 14.4. The van der Waals surface area contributed by atoms with E-state index >= 15 is 0 Å². The Labute approximate surface area is 110 Å². The summed E-state index contributed by atoms with van der Waals surface area (Å²) in [7, 11) is 0. The van der Waals surface area contributed by atoms with Gasteiger partial charge in [-0.05, 0) is 19.4 Å². The zero-order valence-electron chi connectivity index (χ0n) is 11.1. The van der Waals surface area contributed by atoms with Crippen LogP contribution < -0.4 is 11.3 Å². The van der Waals surface area contributed by atoms with Crippen LogP contribution in [0.1, 0.15) is 38.3 Å². The van der Waals surface area contributed by atoms with Gasteiger partial charge in [0, 0.05) is 12.2 Å². The first-order valence-electron chi connectivity index (χ1n) is 6.27. The molecule has 1 aromatic carbocycles. The minimum absolute atomic E-state index is 0.0340. The van der Waals surface area contributed by atoms with Crippen LogP contribution in [0.2, 0.25) is 0 Å². The van der Waals surface area contributed by atoms with Crippen molar-refractivity contribution in [2.45, 2.75) is 38.8 Å². The minimum atomic E-state index is -1.50. The van der Waals surface area contributed by atoms with Crippen molar-refractivity contribution in [3.8, 4) is 0 Å². The highest BCUT2D eigenvalue weighted by Crippen LogP contribution is 2.26. The molecule has 0 spiro atoms. The quantitative estimate of drug-likeness (QED) is 0.457. The molecular weight excluding hydrogens is 257 g/mol. The molecule has 2 atom stereocenters. The number of benzene rings is 1. The van der Waals surface area contributed by atoms with Crippen LogP contribution >= 0.6 is 0 Å². The van der Waals surface area contributed by atoms with Crippen LogP contribution in [0.25, 0.3) is 0 Å². The van der Waals surface area contributed by atoms with E-state index in [0.29, 0.717) is 13.0 Å². The van der Waals surface area contributed by atoms with Crippen molar-refractivity contribution in [2.24, 2.45) is 5.84 Å². The van der Waals surface area contributed by atoms with E-state index in [2.05, 4.69) is 5.43 Å². The Morgan fingerprint density at radius 1 is 1.21 bits per heavy atom. The van der Waals surface area contributed by atoms with E-state index in [1.165, 1.54) is 6.07 Å². The van der Waals surface area contributed by atoms with Gasteiger partial charge >= 0.3 is 0 Å². The summed E-state index contributed by atoms with van der Waals surface area (Å²) in [5, 5.41) is 0. The fourth-order valence-corrected chi connectivity index (χ4v) is 2.02. The van der Waals surface area contributed by atoms with Gasteiger partial charge in [0.05, 0.1) is 12.1 Å². The van der Waals surface area contributed by atoms with Crippen LogP contribution in [-0.2, 0) is 4.74 Å². The Hall–Kier alpha value is -1.11. The standard InChI is InChI=1S/C13H19F3N2O/c1-3-5-10(19-4-2)13(18-17)8-6-7-9(14)12(16)11(8)15/h6-7,10,13,18H,3-5,17H2,1-2H3. The maximum Gasteiger partial charge on any atom is 0.194 e. The Morgan fingerprint density at radius 3 is 2.42 bits per heavy atom. The summed E-state index contributed by atoms with van der Waals surface area (Å²) >= 11 is 0. The molecule has 0 aliphatic rings. The zero-order valence-corrected chi connectivity index (χ0v) is 11.1. The van der Waals surface area contributed by atoms with Gasteiger partial charge in [0.15, 0.2) is 17.5 Å². The third kappa shape index (κ3) is 3.68. The van der Waals surface area contributed by atoms with Crippen LogP contribution in [0.4, 0.5) is 13.2 Å². The Kier molecular flexibility index (Phi) is 6.27. The van der Waals surface area contributed by atoms with Crippen molar-refractivity contribution in [1.82, 2.24) is 5.43 Å². The maximum absolute atomic E-state index is 13.8. The molecule has 0 saturated heterocycles. The lowest BCUT2D eigenvalue weighted by atomic mass is 9.98. The van der Waals surface area contributed by atoms with Gasteiger partial charge in [-0.3, -0.25) is 11.3 Å². The number of nitrogens with two attached hydrogens (primary N) is 1.